The van der Waals surface area contributed by atoms with E-state index in [4.69, 9.17) is 10.5 Å². The number of nitrogens with two attached hydrogens (primary N) is 1. The Morgan fingerprint density at radius 2 is 2.21 bits per heavy atom. The van der Waals surface area contributed by atoms with Gasteiger partial charge in [-0.05, 0) is 13.0 Å². The van der Waals surface area contributed by atoms with Crippen molar-refractivity contribution in [2.45, 2.75) is 19.9 Å². The molecule has 0 bridgehead atoms. The van der Waals surface area contributed by atoms with E-state index in [1.54, 1.807) is 6.92 Å². The Bertz CT molecular complexity index is 329. The quantitative estimate of drug-likeness (QED) is 0.812. The Kier molecular flexibility index (Phi) is 3.35. The second-order valence-corrected chi connectivity index (χ2v) is 2.83. The van der Waals surface area contributed by atoms with Crippen LogP contribution in [-0.2, 0) is 6.54 Å². The van der Waals surface area contributed by atoms with Crippen molar-refractivity contribution in [3.05, 3.63) is 23.0 Å². The van der Waals surface area contributed by atoms with Crippen molar-refractivity contribution in [3.63, 3.8) is 0 Å². The molecule has 0 saturated carbocycles. The smallest absolute Gasteiger partial charge is 0.280 e. The molecule has 0 radical (unpaired) electrons. The fraction of sp³-hybridized carbons (Fsp3) is 0.444. The van der Waals surface area contributed by atoms with Gasteiger partial charge in [0.25, 0.3) is 6.43 Å². The highest BCUT2D eigenvalue weighted by atomic mass is 19.3. The first kappa shape index (κ1) is 10.8. The Labute approximate surface area is 80.9 Å². The molecule has 0 aromatic carbocycles. The molecule has 0 atom stereocenters. The van der Waals surface area contributed by atoms with Crippen molar-refractivity contribution < 1.29 is 13.5 Å². The lowest BCUT2D eigenvalue weighted by Gasteiger charge is -2.11. The molecule has 1 aromatic rings. The number of pyridine rings is 1. The summed E-state index contributed by atoms with van der Waals surface area (Å²) in [6, 6.07) is 1.27. The maximum atomic E-state index is 12.4. The topological polar surface area (TPSA) is 48.1 Å². The van der Waals surface area contributed by atoms with Crippen LogP contribution in [0, 0.1) is 6.92 Å². The zero-order chi connectivity index (χ0) is 10.7. The number of hydrogen-bond acceptors (Lipinski definition) is 3. The van der Waals surface area contributed by atoms with Crippen LogP contribution in [-0.4, -0.2) is 12.1 Å². The van der Waals surface area contributed by atoms with Crippen molar-refractivity contribution in [1.82, 2.24) is 4.98 Å². The fourth-order valence-corrected chi connectivity index (χ4v) is 1.30. The normalized spacial score (nSPS) is 10.7. The maximum absolute atomic E-state index is 12.4. The molecule has 0 fully saturated rings. The molecule has 0 aliphatic carbocycles. The van der Waals surface area contributed by atoms with Crippen LogP contribution < -0.4 is 10.5 Å². The van der Waals surface area contributed by atoms with Gasteiger partial charge in [-0.3, -0.25) is 0 Å². The van der Waals surface area contributed by atoms with Crippen LogP contribution in [0.1, 0.15) is 23.4 Å². The van der Waals surface area contributed by atoms with Gasteiger partial charge in [0.2, 0.25) is 0 Å². The number of ether oxygens (including phenoxy) is 1. The van der Waals surface area contributed by atoms with Crippen LogP contribution in [0.5, 0.6) is 5.75 Å². The lowest BCUT2D eigenvalue weighted by atomic mass is 10.1. The van der Waals surface area contributed by atoms with Crippen LogP contribution in [0.3, 0.4) is 0 Å². The number of alkyl halides is 2. The van der Waals surface area contributed by atoms with Gasteiger partial charge >= 0.3 is 0 Å². The number of aryl methyl sites for hydroxylation is 1. The Balaban J connectivity index is 3.24. The van der Waals surface area contributed by atoms with Crippen LogP contribution in [0.4, 0.5) is 8.78 Å². The number of aromatic nitrogens is 1. The van der Waals surface area contributed by atoms with E-state index in [0.29, 0.717) is 17.0 Å². The van der Waals surface area contributed by atoms with Gasteiger partial charge in [0.1, 0.15) is 11.4 Å². The molecule has 0 unspecified atom stereocenters. The van der Waals surface area contributed by atoms with E-state index in [-0.39, 0.29) is 12.2 Å². The van der Waals surface area contributed by atoms with Crippen molar-refractivity contribution in [1.29, 1.82) is 0 Å². The van der Waals surface area contributed by atoms with E-state index in [0.717, 1.165) is 0 Å². The average Bonchev–Trinajstić information content (AvgIpc) is 2.16. The highest BCUT2D eigenvalue weighted by Crippen LogP contribution is 2.26. The van der Waals surface area contributed by atoms with E-state index in [1.807, 2.05) is 0 Å². The average molecular weight is 202 g/mol. The molecule has 0 amide bonds. The summed E-state index contributed by atoms with van der Waals surface area (Å²) < 4.78 is 29.7. The summed E-state index contributed by atoms with van der Waals surface area (Å²) in [5, 5.41) is 0. The highest BCUT2D eigenvalue weighted by molar-refractivity contribution is 5.38. The lowest BCUT2D eigenvalue weighted by Crippen LogP contribution is -2.05. The second kappa shape index (κ2) is 4.32. The summed E-state index contributed by atoms with van der Waals surface area (Å²) in [6.07, 6.45) is -2.58. The van der Waals surface area contributed by atoms with Crippen molar-refractivity contribution in [3.8, 4) is 5.75 Å². The van der Waals surface area contributed by atoms with Gasteiger partial charge in [0.05, 0.1) is 12.8 Å². The van der Waals surface area contributed by atoms with Gasteiger partial charge in [0.15, 0.2) is 0 Å². The van der Waals surface area contributed by atoms with Gasteiger partial charge in [-0.1, -0.05) is 0 Å². The highest BCUT2D eigenvalue weighted by Gasteiger charge is 2.14. The first-order valence-electron chi connectivity index (χ1n) is 4.12. The molecular formula is C9H12F2N2O. The first-order chi connectivity index (χ1) is 6.60. The Morgan fingerprint density at radius 3 is 2.64 bits per heavy atom. The van der Waals surface area contributed by atoms with Gasteiger partial charge in [-0.2, -0.15) is 0 Å². The molecule has 14 heavy (non-hydrogen) atoms. The van der Waals surface area contributed by atoms with E-state index < -0.39 is 6.43 Å². The van der Waals surface area contributed by atoms with E-state index in [2.05, 4.69) is 4.98 Å². The van der Waals surface area contributed by atoms with Crippen molar-refractivity contribution >= 4 is 0 Å². The number of methoxy groups -OCH3 is 1. The first-order valence-corrected chi connectivity index (χ1v) is 4.12. The molecule has 5 heteroatoms. The Morgan fingerprint density at radius 1 is 1.57 bits per heavy atom. The summed E-state index contributed by atoms with van der Waals surface area (Å²) in [4.78, 5) is 3.72. The molecule has 1 aromatic heterocycles. The second-order valence-electron chi connectivity index (χ2n) is 2.83. The molecule has 0 saturated heterocycles. The molecule has 0 aliphatic rings. The van der Waals surface area contributed by atoms with Gasteiger partial charge in [-0.15, -0.1) is 0 Å². The van der Waals surface area contributed by atoms with Gasteiger partial charge in [0, 0.05) is 12.1 Å². The summed E-state index contributed by atoms with van der Waals surface area (Å²) in [7, 11) is 1.46. The molecule has 0 spiro atoms. The molecule has 0 aliphatic heterocycles. The molecule has 78 valence electrons. The summed E-state index contributed by atoms with van der Waals surface area (Å²) in [5.41, 5.74) is 6.14. The Hall–Kier alpha value is -1.23. The summed E-state index contributed by atoms with van der Waals surface area (Å²) in [6.45, 7) is 1.77. The van der Waals surface area contributed by atoms with Crippen LogP contribution in [0.15, 0.2) is 6.07 Å². The number of hydrogen-bond donors (Lipinski definition) is 1. The largest absolute Gasteiger partial charge is 0.495 e. The number of rotatable bonds is 3. The molecule has 1 rings (SSSR count). The summed E-state index contributed by atoms with van der Waals surface area (Å²) in [5.74, 6) is 0.483. The minimum Gasteiger partial charge on any atom is -0.495 e. The van der Waals surface area contributed by atoms with E-state index in [1.165, 1.54) is 13.2 Å². The van der Waals surface area contributed by atoms with E-state index in [9.17, 15) is 8.78 Å². The molecule has 3 nitrogen and oxygen atoms in total. The number of nitrogens with zero attached hydrogens (tertiary/aromatic N) is 1. The fourth-order valence-electron chi connectivity index (χ4n) is 1.30. The number of halogens is 2. The predicted octanol–water partition coefficient (Wildman–Crippen LogP) is 1.79. The van der Waals surface area contributed by atoms with E-state index >= 15 is 0 Å². The maximum Gasteiger partial charge on any atom is 0.280 e. The van der Waals surface area contributed by atoms with Crippen LogP contribution >= 0.6 is 0 Å². The standard InChI is InChI=1S/C9H12F2N2O/c1-5-8(14-2)6(4-12)3-7(13-5)9(10)11/h3,9H,4,12H2,1-2H3. The molecular weight excluding hydrogens is 190 g/mol. The third-order valence-corrected chi connectivity index (χ3v) is 1.89. The summed E-state index contributed by atoms with van der Waals surface area (Å²) >= 11 is 0. The SMILES string of the molecule is COc1c(CN)cc(C(F)F)nc1C. The predicted molar refractivity (Wildman–Crippen MR) is 48.4 cm³/mol. The van der Waals surface area contributed by atoms with Crippen LogP contribution in [0.25, 0.3) is 0 Å². The zero-order valence-electron chi connectivity index (χ0n) is 8.05. The van der Waals surface area contributed by atoms with Gasteiger partial charge in [-0.25, -0.2) is 13.8 Å². The third-order valence-electron chi connectivity index (χ3n) is 1.89. The third kappa shape index (κ3) is 1.98. The zero-order valence-corrected chi connectivity index (χ0v) is 8.05. The van der Waals surface area contributed by atoms with Crippen LogP contribution in [0.2, 0.25) is 0 Å². The minimum atomic E-state index is -2.58. The molecule has 2 N–H and O–H groups in total. The van der Waals surface area contributed by atoms with Gasteiger partial charge < -0.3 is 10.5 Å². The van der Waals surface area contributed by atoms with Crippen molar-refractivity contribution in [2.75, 3.05) is 7.11 Å². The minimum absolute atomic E-state index is 0.159. The molecule has 1 heterocycles. The lowest BCUT2D eigenvalue weighted by molar-refractivity contribution is 0.145. The van der Waals surface area contributed by atoms with Crippen molar-refractivity contribution in [2.24, 2.45) is 5.73 Å². The monoisotopic (exact) mass is 202 g/mol.